The highest BCUT2D eigenvalue weighted by atomic mass is 16.1. The number of rotatable bonds is 2. The maximum absolute atomic E-state index is 10.2. The zero-order valence-corrected chi connectivity index (χ0v) is 6.21. The predicted molar refractivity (Wildman–Crippen MR) is 40.6 cm³/mol. The van der Waals surface area contributed by atoms with Gasteiger partial charge in [0.25, 0.3) is 0 Å². The molecule has 60 valence electrons. The molecule has 0 saturated heterocycles. The average Bonchev–Trinajstić information content (AvgIpc) is 2.51. The van der Waals surface area contributed by atoms with Crippen molar-refractivity contribution in [3.8, 4) is 0 Å². The zero-order valence-electron chi connectivity index (χ0n) is 6.21. The fourth-order valence-corrected chi connectivity index (χ4v) is 1.00. The molecule has 0 bridgehead atoms. The van der Waals surface area contributed by atoms with Crippen LogP contribution < -0.4 is 0 Å². The van der Waals surface area contributed by atoms with Crippen LogP contribution >= 0.6 is 0 Å². The number of nitrogens with zero attached hydrogens (tertiary/aromatic N) is 4. The van der Waals surface area contributed by atoms with Crippen molar-refractivity contribution in [3.05, 3.63) is 23.9 Å². The molecule has 0 aliphatic heterocycles. The van der Waals surface area contributed by atoms with E-state index in [0.29, 0.717) is 12.1 Å². The molecule has 5 nitrogen and oxygen atoms in total. The summed E-state index contributed by atoms with van der Waals surface area (Å²) in [7, 11) is 0. The van der Waals surface area contributed by atoms with E-state index in [4.69, 9.17) is 0 Å². The highest BCUT2D eigenvalue weighted by Crippen LogP contribution is 2.01. The van der Waals surface area contributed by atoms with E-state index in [1.165, 1.54) is 0 Å². The Morgan fingerprint density at radius 3 is 3.25 bits per heavy atom. The van der Waals surface area contributed by atoms with Crippen LogP contribution in [0.3, 0.4) is 0 Å². The first kappa shape index (κ1) is 6.90. The minimum Gasteiger partial charge on any atom is -0.303 e. The van der Waals surface area contributed by atoms with E-state index in [2.05, 4.69) is 15.5 Å². The maximum atomic E-state index is 10.2. The first-order valence-corrected chi connectivity index (χ1v) is 3.50. The summed E-state index contributed by atoms with van der Waals surface area (Å²) in [6, 6.07) is 3.61. The van der Waals surface area contributed by atoms with Crippen molar-refractivity contribution in [3.63, 3.8) is 0 Å². The quantitative estimate of drug-likeness (QED) is 0.577. The van der Waals surface area contributed by atoms with Gasteiger partial charge in [-0.15, -0.1) is 5.10 Å². The third-order valence-corrected chi connectivity index (χ3v) is 1.57. The molecule has 0 radical (unpaired) electrons. The van der Waals surface area contributed by atoms with Gasteiger partial charge in [0.1, 0.15) is 6.29 Å². The number of aldehydes is 1. The van der Waals surface area contributed by atoms with Gasteiger partial charge < -0.3 is 4.79 Å². The van der Waals surface area contributed by atoms with Crippen LogP contribution in [0.4, 0.5) is 0 Å². The number of aromatic nitrogens is 4. The van der Waals surface area contributed by atoms with Gasteiger partial charge in [0.15, 0.2) is 5.65 Å². The summed E-state index contributed by atoms with van der Waals surface area (Å²) in [6.07, 6.45) is 2.99. The highest BCUT2D eigenvalue weighted by Gasteiger charge is 1.97. The molecule has 0 fully saturated rings. The number of hydrogen-bond donors (Lipinski definition) is 0. The Morgan fingerprint density at radius 2 is 2.42 bits per heavy atom. The van der Waals surface area contributed by atoms with Crippen LogP contribution in [0, 0.1) is 0 Å². The van der Waals surface area contributed by atoms with Crippen LogP contribution in [-0.2, 0) is 11.2 Å². The van der Waals surface area contributed by atoms with Gasteiger partial charge in [0.2, 0.25) is 0 Å². The minimum atomic E-state index is 0.399. The molecular weight excluding hydrogens is 156 g/mol. The second-order valence-electron chi connectivity index (χ2n) is 2.39. The summed E-state index contributed by atoms with van der Waals surface area (Å²) in [4.78, 5) is 10.2. The van der Waals surface area contributed by atoms with Crippen molar-refractivity contribution in [1.82, 2.24) is 20.0 Å². The third kappa shape index (κ3) is 1.05. The van der Waals surface area contributed by atoms with Crippen molar-refractivity contribution < 1.29 is 4.79 Å². The summed E-state index contributed by atoms with van der Waals surface area (Å²) in [5.41, 5.74) is 1.59. The fraction of sp³-hybridized carbons (Fsp3) is 0.143. The van der Waals surface area contributed by atoms with Crippen molar-refractivity contribution in [2.75, 3.05) is 0 Å². The molecule has 2 aromatic heterocycles. The first-order chi connectivity index (χ1) is 5.90. The van der Waals surface area contributed by atoms with Crippen molar-refractivity contribution in [2.24, 2.45) is 0 Å². The lowest BCUT2D eigenvalue weighted by Crippen LogP contribution is -1.92. The Morgan fingerprint density at radius 1 is 1.50 bits per heavy atom. The summed E-state index contributed by atoms with van der Waals surface area (Å²) in [5, 5.41) is 10.9. The van der Waals surface area contributed by atoms with Crippen LogP contribution in [0.2, 0.25) is 0 Å². The van der Waals surface area contributed by atoms with E-state index in [1.54, 1.807) is 16.8 Å². The Balaban J connectivity index is 2.52. The lowest BCUT2D eigenvalue weighted by atomic mass is 10.2. The molecule has 0 saturated carbocycles. The molecule has 0 aliphatic carbocycles. The lowest BCUT2D eigenvalue weighted by molar-refractivity contribution is -0.107. The van der Waals surface area contributed by atoms with Crippen LogP contribution in [-0.4, -0.2) is 26.3 Å². The average molecular weight is 162 g/mol. The van der Waals surface area contributed by atoms with E-state index in [9.17, 15) is 4.79 Å². The van der Waals surface area contributed by atoms with Gasteiger partial charge in [0.05, 0.1) is 0 Å². The standard InChI is InChI=1S/C7H6N4O/c12-4-3-6-1-2-7-8-9-10-11(7)5-6/h1-2,4-5H,3H2. The van der Waals surface area contributed by atoms with Crippen LogP contribution in [0.5, 0.6) is 0 Å². The van der Waals surface area contributed by atoms with Crippen LogP contribution in [0.15, 0.2) is 18.3 Å². The maximum Gasteiger partial charge on any atom is 0.179 e. The third-order valence-electron chi connectivity index (χ3n) is 1.57. The van der Waals surface area contributed by atoms with E-state index in [1.807, 2.05) is 6.07 Å². The van der Waals surface area contributed by atoms with Gasteiger partial charge in [-0.2, -0.15) is 0 Å². The van der Waals surface area contributed by atoms with E-state index < -0.39 is 0 Å². The Kier molecular flexibility index (Phi) is 1.55. The molecule has 0 N–H and O–H groups in total. The minimum absolute atomic E-state index is 0.399. The molecular formula is C7H6N4O. The van der Waals surface area contributed by atoms with Crippen molar-refractivity contribution >= 4 is 11.9 Å². The van der Waals surface area contributed by atoms with Gasteiger partial charge >= 0.3 is 0 Å². The summed E-state index contributed by atoms with van der Waals surface area (Å²) >= 11 is 0. The van der Waals surface area contributed by atoms with Gasteiger partial charge in [-0.05, 0) is 22.1 Å². The van der Waals surface area contributed by atoms with Gasteiger partial charge in [-0.25, -0.2) is 4.52 Å². The van der Waals surface area contributed by atoms with E-state index >= 15 is 0 Å². The van der Waals surface area contributed by atoms with Gasteiger partial charge in [-0.3, -0.25) is 0 Å². The van der Waals surface area contributed by atoms with Crippen molar-refractivity contribution in [2.45, 2.75) is 6.42 Å². The first-order valence-electron chi connectivity index (χ1n) is 3.50. The number of carbonyl (C=O) groups is 1. The molecule has 0 atom stereocenters. The fourth-order valence-electron chi connectivity index (χ4n) is 1.00. The van der Waals surface area contributed by atoms with Crippen molar-refractivity contribution in [1.29, 1.82) is 0 Å². The molecule has 0 aromatic carbocycles. The smallest absolute Gasteiger partial charge is 0.179 e. The number of hydrogen-bond acceptors (Lipinski definition) is 4. The molecule has 2 heterocycles. The van der Waals surface area contributed by atoms with E-state index in [0.717, 1.165) is 11.8 Å². The molecule has 0 spiro atoms. The monoisotopic (exact) mass is 162 g/mol. The Bertz CT molecular complexity index is 408. The van der Waals surface area contributed by atoms with Crippen LogP contribution in [0.25, 0.3) is 5.65 Å². The molecule has 0 aliphatic rings. The largest absolute Gasteiger partial charge is 0.303 e. The second-order valence-corrected chi connectivity index (χ2v) is 2.39. The molecule has 5 heteroatoms. The van der Waals surface area contributed by atoms with Gasteiger partial charge in [0, 0.05) is 12.6 Å². The topological polar surface area (TPSA) is 60.2 Å². The molecule has 0 unspecified atom stereocenters. The van der Waals surface area contributed by atoms with Crippen LogP contribution in [0.1, 0.15) is 5.56 Å². The Hall–Kier alpha value is -1.78. The highest BCUT2D eigenvalue weighted by molar-refractivity contribution is 5.55. The number of tetrazole rings is 1. The lowest BCUT2D eigenvalue weighted by Gasteiger charge is -1.93. The molecule has 2 aromatic rings. The SMILES string of the molecule is O=CCc1ccc2nnnn2c1. The predicted octanol–water partition coefficient (Wildman–Crippen LogP) is -0.134. The number of pyridine rings is 1. The second kappa shape index (κ2) is 2.69. The normalized spacial score (nSPS) is 10.3. The number of carbonyl (C=O) groups excluding carboxylic acids is 1. The zero-order chi connectivity index (χ0) is 8.39. The van der Waals surface area contributed by atoms with E-state index in [-0.39, 0.29) is 0 Å². The molecule has 0 amide bonds. The summed E-state index contributed by atoms with van der Waals surface area (Å²) in [5.74, 6) is 0. The van der Waals surface area contributed by atoms with Gasteiger partial charge in [-0.1, -0.05) is 6.07 Å². The summed E-state index contributed by atoms with van der Waals surface area (Å²) < 4.78 is 1.54. The molecule has 12 heavy (non-hydrogen) atoms. The number of fused-ring (bicyclic) bond motifs is 1. The summed E-state index contributed by atoms with van der Waals surface area (Å²) in [6.45, 7) is 0. The molecule has 2 rings (SSSR count). The Labute approximate surface area is 68.0 Å².